The Bertz CT molecular complexity index is 235. The molecule has 1 rings (SSSR count). The van der Waals surface area contributed by atoms with Gasteiger partial charge in [0.05, 0.1) is 0 Å². The van der Waals surface area contributed by atoms with Crippen molar-refractivity contribution in [1.29, 1.82) is 0 Å². The van der Waals surface area contributed by atoms with Crippen LogP contribution in [0.5, 0.6) is 0 Å². The van der Waals surface area contributed by atoms with Gasteiger partial charge in [-0.3, -0.25) is 4.90 Å². The number of hydrogen-bond donors (Lipinski definition) is 0. The molecule has 0 saturated carbocycles. The van der Waals surface area contributed by atoms with Crippen LogP contribution >= 0.6 is 0 Å². The van der Waals surface area contributed by atoms with Crippen molar-refractivity contribution < 1.29 is 4.43 Å². The maximum Gasteiger partial charge on any atom is 0.192 e. The van der Waals surface area contributed by atoms with Gasteiger partial charge >= 0.3 is 0 Å². The third-order valence-corrected chi connectivity index (χ3v) is 9.16. The van der Waals surface area contributed by atoms with Gasteiger partial charge in [0, 0.05) is 19.2 Å². The molecule has 0 unspecified atom stereocenters. The third kappa shape index (κ3) is 4.07. The molecule has 0 spiro atoms. The van der Waals surface area contributed by atoms with Gasteiger partial charge in [0.1, 0.15) is 0 Å². The Morgan fingerprint density at radius 1 is 1.29 bits per heavy atom. The lowest BCUT2D eigenvalue weighted by Crippen LogP contribution is -2.43. The summed E-state index contributed by atoms with van der Waals surface area (Å²) in [6, 6.07) is 0.818. The van der Waals surface area contributed by atoms with E-state index in [9.17, 15) is 0 Å². The molecule has 0 aromatic rings. The van der Waals surface area contributed by atoms with Crippen LogP contribution in [0.3, 0.4) is 0 Å². The second kappa shape index (κ2) is 5.85. The zero-order valence-electron chi connectivity index (χ0n) is 12.7. The van der Waals surface area contributed by atoms with Crippen molar-refractivity contribution in [2.24, 2.45) is 0 Å². The fourth-order valence-electron chi connectivity index (χ4n) is 2.29. The minimum Gasteiger partial charge on any atom is -0.416 e. The van der Waals surface area contributed by atoms with Gasteiger partial charge in [-0.1, -0.05) is 27.7 Å². The molecule has 1 aliphatic heterocycles. The number of rotatable bonds is 5. The maximum atomic E-state index is 6.25. The zero-order valence-corrected chi connectivity index (χ0v) is 13.7. The Hall–Kier alpha value is 0.137. The van der Waals surface area contributed by atoms with Crippen LogP contribution in [0.4, 0.5) is 0 Å². The van der Waals surface area contributed by atoms with E-state index in [1.165, 1.54) is 25.8 Å². The van der Waals surface area contributed by atoms with Crippen molar-refractivity contribution in [3.8, 4) is 0 Å². The van der Waals surface area contributed by atoms with E-state index in [1.54, 1.807) is 0 Å². The smallest absolute Gasteiger partial charge is 0.192 e. The fraction of sp³-hybridized carbons (Fsp3) is 1.00. The highest BCUT2D eigenvalue weighted by atomic mass is 28.4. The molecule has 1 fully saturated rings. The zero-order chi connectivity index (χ0) is 13.1. The van der Waals surface area contributed by atoms with E-state index in [4.69, 9.17) is 4.43 Å². The monoisotopic (exact) mass is 257 g/mol. The summed E-state index contributed by atoms with van der Waals surface area (Å²) in [5, 5.41) is 0.335. The van der Waals surface area contributed by atoms with Crippen LogP contribution in [0.15, 0.2) is 0 Å². The molecule has 1 aliphatic rings. The van der Waals surface area contributed by atoms with Crippen LogP contribution in [0.2, 0.25) is 18.1 Å². The van der Waals surface area contributed by atoms with Gasteiger partial charge in [-0.05, 0) is 43.9 Å². The molecule has 1 heterocycles. The van der Waals surface area contributed by atoms with E-state index in [1.807, 2.05) is 0 Å². The fourth-order valence-corrected chi connectivity index (χ4v) is 3.32. The summed E-state index contributed by atoms with van der Waals surface area (Å²) >= 11 is 0. The first-order valence-electron chi connectivity index (χ1n) is 7.16. The van der Waals surface area contributed by atoms with Gasteiger partial charge in [0.25, 0.3) is 0 Å². The minimum absolute atomic E-state index is 0.335. The normalized spacial score (nSPS) is 23.3. The summed E-state index contributed by atoms with van der Waals surface area (Å²) in [5.74, 6) is 0. The van der Waals surface area contributed by atoms with E-state index in [0.717, 1.165) is 19.2 Å². The highest BCUT2D eigenvalue weighted by Crippen LogP contribution is 2.36. The molecule has 1 saturated heterocycles. The number of hydrogen-bond acceptors (Lipinski definition) is 2. The largest absolute Gasteiger partial charge is 0.416 e. The van der Waals surface area contributed by atoms with Crippen LogP contribution in [-0.2, 0) is 4.43 Å². The maximum absolute atomic E-state index is 6.25. The first-order valence-corrected chi connectivity index (χ1v) is 10.1. The quantitative estimate of drug-likeness (QED) is 0.693. The average Bonchev–Trinajstić information content (AvgIpc) is 2.63. The van der Waals surface area contributed by atoms with Crippen LogP contribution in [0.25, 0.3) is 0 Å². The Balaban J connectivity index is 2.32. The lowest BCUT2D eigenvalue weighted by molar-refractivity contribution is 0.184. The van der Waals surface area contributed by atoms with E-state index >= 15 is 0 Å². The predicted molar refractivity (Wildman–Crippen MR) is 78.0 cm³/mol. The SMILES string of the molecule is CC[C@@H]1CCCN1CCO[Si](C)(C)C(C)(C)C. The molecule has 2 nitrogen and oxygen atoms in total. The van der Waals surface area contributed by atoms with Crippen LogP contribution in [0, 0.1) is 0 Å². The molecule has 17 heavy (non-hydrogen) atoms. The third-order valence-electron chi connectivity index (χ3n) is 4.62. The first kappa shape index (κ1) is 15.2. The summed E-state index contributed by atoms with van der Waals surface area (Å²) in [7, 11) is -1.54. The topological polar surface area (TPSA) is 12.5 Å². The van der Waals surface area contributed by atoms with Gasteiger partial charge in [0.2, 0.25) is 0 Å². The van der Waals surface area contributed by atoms with Crippen molar-refractivity contribution in [3.63, 3.8) is 0 Å². The van der Waals surface area contributed by atoms with Crippen molar-refractivity contribution in [1.82, 2.24) is 4.90 Å². The number of nitrogens with zero attached hydrogens (tertiary/aromatic N) is 1. The van der Waals surface area contributed by atoms with Crippen molar-refractivity contribution >= 4 is 8.32 Å². The molecular weight excluding hydrogens is 226 g/mol. The summed E-state index contributed by atoms with van der Waals surface area (Å²) in [6.07, 6.45) is 4.05. The Kier molecular flexibility index (Phi) is 5.23. The average molecular weight is 257 g/mol. The second-order valence-corrected chi connectivity index (χ2v) is 11.7. The molecule has 0 aromatic carbocycles. The molecule has 0 amide bonds. The Morgan fingerprint density at radius 2 is 1.94 bits per heavy atom. The van der Waals surface area contributed by atoms with Gasteiger partial charge in [0.15, 0.2) is 8.32 Å². The molecule has 3 heteroatoms. The second-order valence-electron chi connectivity index (χ2n) is 6.85. The summed E-state index contributed by atoms with van der Waals surface area (Å²) in [4.78, 5) is 2.62. The van der Waals surface area contributed by atoms with Crippen molar-refractivity contribution in [3.05, 3.63) is 0 Å². The molecule has 0 aromatic heterocycles. The summed E-state index contributed by atoms with van der Waals surface area (Å²) < 4.78 is 6.25. The summed E-state index contributed by atoms with van der Waals surface area (Å²) in [6.45, 7) is 17.2. The first-order chi connectivity index (χ1) is 7.78. The van der Waals surface area contributed by atoms with Crippen LogP contribution in [-0.4, -0.2) is 39.0 Å². The molecule has 0 aliphatic carbocycles. The van der Waals surface area contributed by atoms with Gasteiger partial charge in [-0.25, -0.2) is 0 Å². The Morgan fingerprint density at radius 3 is 2.47 bits per heavy atom. The Labute approximate surface area is 109 Å². The van der Waals surface area contributed by atoms with Gasteiger partial charge in [-0.2, -0.15) is 0 Å². The molecule has 102 valence electrons. The minimum atomic E-state index is -1.54. The molecule has 0 N–H and O–H groups in total. The van der Waals surface area contributed by atoms with E-state index in [-0.39, 0.29) is 0 Å². The molecule has 1 atom stereocenters. The number of likely N-dealkylation sites (tertiary alicyclic amines) is 1. The van der Waals surface area contributed by atoms with E-state index in [2.05, 4.69) is 45.7 Å². The highest BCUT2D eigenvalue weighted by Gasteiger charge is 2.37. The van der Waals surface area contributed by atoms with Crippen molar-refractivity contribution in [2.45, 2.75) is 71.1 Å². The standard InChI is InChI=1S/C14H31NOSi/c1-7-13-9-8-10-15(13)11-12-16-17(5,6)14(2,3)4/h13H,7-12H2,1-6H3/t13-/m1/s1. The van der Waals surface area contributed by atoms with Crippen LogP contribution < -0.4 is 0 Å². The van der Waals surface area contributed by atoms with Gasteiger partial charge in [-0.15, -0.1) is 0 Å². The van der Waals surface area contributed by atoms with Crippen molar-refractivity contribution in [2.75, 3.05) is 19.7 Å². The highest BCUT2D eigenvalue weighted by molar-refractivity contribution is 6.74. The molecular formula is C14H31NOSi. The molecule has 0 bridgehead atoms. The summed E-state index contributed by atoms with van der Waals surface area (Å²) in [5.41, 5.74) is 0. The molecule has 0 radical (unpaired) electrons. The predicted octanol–water partition coefficient (Wildman–Crippen LogP) is 3.88. The van der Waals surface area contributed by atoms with E-state index < -0.39 is 8.32 Å². The van der Waals surface area contributed by atoms with Gasteiger partial charge < -0.3 is 4.43 Å². The van der Waals surface area contributed by atoms with Crippen LogP contribution in [0.1, 0.15) is 47.0 Å². The lowest BCUT2D eigenvalue weighted by Gasteiger charge is -2.37. The van der Waals surface area contributed by atoms with E-state index in [0.29, 0.717) is 5.04 Å². The lowest BCUT2D eigenvalue weighted by atomic mass is 10.2.